The Bertz CT molecular complexity index is 2960. The predicted octanol–water partition coefficient (Wildman–Crippen LogP) is 15.3. The zero-order valence-electron chi connectivity index (χ0n) is 30.3. The van der Waals surface area contributed by atoms with Crippen molar-refractivity contribution in [2.24, 2.45) is 0 Å². The SMILES string of the molecule is c1ccc(-c2ccc(N(c3cccc(-c4ccc(-c5cccc6ccccc56)cc4)c3)c3ccc4ccc5ccccc5c4c3)cc2-c2ccccc2)cc1. The van der Waals surface area contributed by atoms with E-state index in [2.05, 4.69) is 229 Å². The number of benzene rings is 10. The zero-order chi connectivity index (χ0) is 36.6. The molecule has 0 heterocycles. The van der Waals surface area contributed by atoms with Gasteiger partial charge in [-0.2, -0.15) is 0 Å². The summed E-state index contributed by atoms with van der Waals surface area (Å²) in [6.07, 6.45) is 0. The molecule has 0 fully saturated rings. The third kappa shape index (κ3) is 6.12. The van der Waals surface area contributed by atoms with Crippen molar-refractivity contribution < 1.29 is 0 Å². The van der Waals surface area contributed by atoms with Gasteiger partial charge in [-0.1, -0.05) is 188 Å². The molecular formula is C54H37N. The topological polar surface area (TPSA) is 3.24 Å². The molecule has 0 saturated heterocycles. The lowest BCUT2D eigenvalue weighted by atomic mass is 9.93. The minimum Gasteiger partial charge on any atom is -0.310 e. The van der Waals surface area contributed by atoms with Crippen molar-refractivity contribution >= 4 is 49.4 Å². The van der Waals surface area contributed by atoms with E-state index >= 15 is 0 Å². The van der Waals surface area contributed by atoms with Crippen LogP contribution >= 0.6 is 0 Å². The number of nitrogens with zero attached hydrogens (tertiary/aromatic N) is 1. The number of rotatable bonds is 7. The van der Waals surface area contributed by atoms with E-state index in [-0.39, 0.29) is 0 Å². The van der Waals surface area contributed by atoms with E-state index in [9.17, 15) is 0 Å². The monoisotopic (exact) mass is 699 g/mol. The van der Waals surface area contributed by atoms with Gasteiger partial charge in [0.25, 0.3) is 0 Å². The fourth-order valence-electron chi connectivity index (χ4n) is 8.12. The summed E-state index contributed by atoms with van der Waals surface area (Å²) in [6, 6.07) is 81.5. The Kier molecular flexibility index (Phi) is 8.24. The van der Waals surface area contributed by atoms with E-state index in [4.69, 9.17) is 0 Å². The van der Waals surface area contributed by atoms with E-state index in [1.54, 1.807) is 0 Å². The van der Waals surface area contributed by atoms with Gasteiger partial charge in [-0.25, -0.2) is 0 Å². The maximum atomic E-state index is 2.41. The summed E-state index contributed by atoms with van der Waals surface area (Å²) < 4.78 is 0. The van der Waals surface area contributed by atoms with Gasteiger partial charge < -0.3 is 4.90 Å². The standard InChI is InChI=1S/C54H37N/c1-3-13-39(14-4-1)52-34-33-48(37-53(52)41-15-5-2-6-16-41)55(47-32-31-44-30-29-42-18-8-10-23-51(42)54(44)36-47)46-21-11-20-45(35-46)38-25-27-43(28-26-38)50-24-12-19-40-17-7-9-22-49(40)50/h1-37H. The normalized spacial score (nSPS) is 11.3. The van der Waals surface area contributed by atoms with Crippen molar-refractivity contribution in [3.05, 3.63) is 224 Å². The predicted molar refractivity (Wildman–Crippen MR) is 235 cm³/mol. The van der Waals surface area contributed by atoms with Crippen LogP contribution in [0, 0.1) is 0 Å². The summed E-state index contributed by atoms with van der Waals surface area (Å²) in [4.78, 5) is 2.41. The van der Waals surface area contributed by atoms with Gasteiger partial charge in [0.2, 0.25) is 0 Å². The fraction of sp³-hybridized carbons (Fsp3) is 0. The third-order valence-electron chi connectivity index (χ3n) is 10.8. The van der Waals surface area contributed by atoms with Crippen LogP contribution in [0.3, 0.4) is 0 Å². The number of fused-ring (bicyclic) bond motifs is 4. The average Bonchev–Trinajstić information content (AvgIpc) is 3.27. The lowest BCUT2D eigenvalue weighted by Gasteiger charge is -2.28. The molecule has 0 saturated carbocycles. The minimum absolute atomic E-state index is 1.10. The molecule has 1 heteroatoms. The number of anilines is 3. The lowest BCUT2D eigenvalue weighted by molar-refractivity contribution is 1.29. The molecule has 0 unspecified atom stereocenters. The third-order valence-corrected chi connectivity index (χ3v) is 10.8. The highest BCUT2D eigenvalue weighted by atomic mass is 15.1. The van der Waals surface area contributed by atoms with Gasteiger partial charge in [-0.15, -0.1) is 0 Å². The van der Waals surface area contributed by atoms with Crippen LogP contribution in [0.25, 0.3) is 76.8 Å². The van der Waals surface area contributed by atoms with Gasteiger partial charge in [-0.05, 0) is 113 Å². The van der Waals surface area contributed by atoms with E-state index in [0.29, 0.717) is 0 Å². The quantitative estimate of drug-likeness (QED) is 0.150. The Morgan fingerprint density at radius 2 is 0.709 bits per heavy atom. The van der Waals surface area contributed by atoms with Gasteiger partial charge in [0.15, 0.2) is 0 Å². The van der Waals surface area contributed by atoms with E-state index < -0.39 is 0 Å². The molecule has 0 aromatic heterocycles. The van der Waals surface area contributed by atoms with Crippen molar-refractivity contribution in [1.29, 1.82) is 0 Å². The van der Waals surface area contributed by atoms with Crippen LogP contribution in [0.4, 0.5) is 17.1 Å². The maximum absolute atomic E-state index is 2.41. The Labute approximate surface area is 322 Å². The van der Waals surface area contributed by atoms with Crippen molar-refractivity contribution in [3.8, 4) is 44.5 Å². The highest BCUT2D eigenvalue weighted by molar-refractivity contribution is 6.09. The van der Waals surface area contributed by atoms with Crippen LogP contribution in [0.15, 0.2) is 224 Å². The molecule has 1 nitrogen and oxygen atoms in total. The fourth-order valence-corrected chi connectivity index (χ4v) is 8.12. The molecule has 10 rings (SSSR count). The highest BCUT2D eigenvalue weighted by Crippen LogP contribution is 2.43. The maximum Gasteiger partial charge on any atom is 0.0468 e. The van der Waals surface area contributed by atoms with Crippen LogP contribution in [0.2, 0.25) is 0 Å². The smallest absolute Gasteiger partial charge is 0.0468 e. The molecule has 0 spiro atoms. The first-order chi connectivity index (χ1) is 27.3. The van der Waals surface area contributed by atoms with E-state index in [1.807, 2.05) is 0 Å². The molecule has 10 aromatic carbocycles. The van der Waals surface area contributed by atoms with E-state index in [0.717, 1.165) is 17.1 Å². The summed E-state index contributed by atoms with van der Waals surface area (Å²) in [5, 5.41) is 7.49. The first-order valence-corrected chi connectivity index (χ1v) is 18.9. The first kappa shape index (κ1) is 32.4. The lowest BCUT2D eigenvalue weighted by Crippen LogP contribution is -2.10. The van der Waals surface area contributed by atoms with Crippen molar-refractivity contribution in [3.63, 3.8) is 0 Å². The van der Waals surface area contributed by atoms with Crippen LogP contribution < -0.4 is 4.90 Å². The molecule has 258 valence electrons. The summed E-state index contributed by atoms with van der Waals surface area (Å²) in [6.45, 7) is 0. The first-order valence-electron chi connectivity index (χ1n) is 18.9. The summed E-state index contributed by atoms with van der Waals surface area (Å²) >= 11 is 0. The average molecular weight is 700 g/mol. The Morgan fingerprint density at radius 3 is 1.47 bits per heavy atom. The zero-order valence-corrected chi connectivity index (χ0v) is 30.3. The Balaban J connectivity index is 1.13. The molecule has 0 radical (unpaired) electrons. The van der Waals surface area contributed by atoms with Gasteiger partial charge >= 0.3 is 0 Å². The molecule has 0 bridgehead atoms. The van der Waals surface area contributed by atoms with Crippen LogP contribution in [-0.4, -0.2) is 0 Å². The van der Waals surface area contributed by atoms with Crippen molar-refractivity contribution in [1.82, 2.24) is 0 Å². The minimum atomic E-state index is 1.10. The summed E-state index contributed by atoms with van der Waals surface area (Å²) in [5.41, 5.74) is 12.9. The molecule has 0 aliphatic heterocycles. The second-order valence-corrected chi connectivity index (χ2v) is 14.1. The molecule has 0 atom stereocenters. The van der Waals surface area contributed by atoms with Gasteiger partial charge in [0.05, 0.1) is 0 Å². The van der Waals surface area contributed by atoms with Crippen molar-refractivity contribution in [2.45, 2.75) is 0 Å². The van der Waals surface area contributed by atoms with E-state index in [1.165, 1.54) is 76.8 Å². The molecule has 0 aliphatic rings. The summed E-state index contributed by atoms with van der Waals surface area (Å²) in [5.74, 6) is 0. The molecule has 55 heavy (non-hydrogen) atoms. The van der Waals surface area contributed by atoms with Gasteiger partial charge in [0, 0.05) is 17.1 Å². The molecule has 0 aliphatic carbocycles. The van der Waals surface area contributed by atoms with Gasteiger partial charge in [-0.3, -0.25) is 0 Å². The van der Waals surface area contributed by atoms with Crippen LogP contribution in [0.1, 0.15) is 0 Å². The molecule has 0 amide bonds. The largest absolute Gasteiger partial charge is 0.310 e. The Hall–Kier alpha value is -7.22. The van der Waals surface area contributed by atoms with Crippen molar-refractivity contribution in [2.75, 3.05) is 4.90 Å². The second kappa shape index (κ2) is 14.0. The van der Waals surface area contributed by atoms with Crippen LogP contribution in [0.5, 0.6) is 0 Å². The molecular weight excluding hydrogens is 663 g/mol. The van der Waals surface area contributed by atoms with Gasteiger partial charge in [0.1, 0.15) is 0 Å². The highest BCUT2D eigenvalue weighted by Gasteiger charge is 2.18. The Morgan fingerprint density at radius 1 is 0.218 bits per heavy atom. The number of hydrogen-bond acceptors (Lipinski definition) is 1. The molecule has 0 N–H and O–H groups in total. The second-order valence-electron chi connectivity index (χ2n) is 14.1. The number of hydrogen-bond donors (Lipinski definition) is 0. The molecule has 10 aromatic rings. The summed E-state index contributed by atoms with van der Waals surface area (Å²) in [7, 11) is 0. The van der Waals surface area contributed by atoms with Crippen LogP contribution in [-0.2, 0) is 0 Å².